The Labute approximate surface area is 317 Å². The Morgan fingerprint density at radius 3 is 2.46 bits per heavy atom. The highest BCUT2D eigenvalue weighted by Crippen LogP contribution is 2.30. The number of aromatic hydroxyl groups is 1. The summed E-state index contributed by atoms with van der Waals surface area (Å²) in [6.07, 6.45) is 6.50. The van der Waals surface area contributed by atoms with Gasteiger partial charge in [-0.3, -0.25) is 19.4 Å². The average molecular weight is 760 g/mol. The van der Waals surface area contributed by atoms with Gasteiger partial charge in [0.15, 0.2) is 0 Å². The second-order valence-corrected chi connectivity index (χ2v) is 16.3. The zero-order valence-electron chi connectivity index (χ0n) is 31.0. The number of piperazine rings is 1. The molecule has 2 fully saturated rings. The number of phenols is 1. The van der Waals surface area contributed by atoms with Crippen molar-refractivity contribution in [3.05, 3.63) is 94.3 Å². The van der Waals surface area contributed by atoms with E-state index in [4.69, 9.17) is 4.74 Å². The molecule has 6 rings (SSSR count). The molecule has 3 aromatic carbocycles. The van der Waals surface area contributed by atoms with Gasteiger partial charge in [0.05, 0.1) is 28.0 Å². The minimum atomic E-state index is -3.75. The third-order valence-corrected chi connectivity index (χ3v) is 12.6. The largest absolute Gasteiger partial charge is 0.506 e. The number of rotatable bonds is 16. The SMILES string of the molecule is C[C@@H](c1ccc(S(=O)(=O)c2cccc(OCCCC(=O)NCCNC[C@H](O)c3ccc(O)c4[nH]c(=O)ccc34)c2)cc1)N1CCN(C2CCCCC2)CC1. The summed E-state index contributed by atoms with van der Waals surface area (Å²) in [7, 11) is -3.75. The number of aromatic amines is 1. The molecule has 5 N–H and O–H groups in total. The number of aliphatic hydroxyl groups is 1. The number of carbonyl (C=O) groups excluding carboxylic acids is 1. The summed E-state index contributed by atoms with van der Waals surface area (Å²) < 4.78 is 32.9. The number of aliphatic hydroxyl groups excluding tert-OH is 1. The minimum Gasteiger partial charge on any atom is -0.506 e. The number of sulfone groups is 1. The molecule has 4 aromatic rings. The fourth-order valence-corrected chi connectivity index (χ4v) is 8.93. The van der Waals surface area contributed by atoms with E-state index >= 15 is 0 Å². The summed E-state index contributed by atoms with van der Waals surface area (Å²) in [5.41, 5.74) is 1.59. The Kier molecular flexibility index (Phi) is 13.4. The Hall–Kier alpha value is -4.27. The molecular formula is C41H53N5O7S. The van der Waals surface area contributed by atoms with Crippen molar-refractivity contribution in [3.63, 3.8) is 0 Å². The molecule has 1 aliphatic heterocycles. The van der Waals surface area contributed by atoms with Gasteiger partial charge in [0.2, 0.25) is 21.3 Å². The maximum atomic E-state index is 13.5. The number of H-pyrrole nitrogens is 1. The van der Waals surface area contributed by atoms with Crippen LogP contribution in [0.3, 0.4) is 0 Å². The molecule has 0 spiro atoms. The van der Waals surface area contributed by atoms with Crippen LogP contribution in [0.5, 0.6) is 11.5 Å². The number of benzene rings is 3. The molecule has 0 bridgehead atoms. The first-order chi connectivity index (χ1) is 26.1. The van der Waals surface area contributed by atoms with E-state index in [0.29, 0.717) is 36.2 Å². The van der Waals surface area contributed by atoms with E-state index in [1.807, 2.05) is 12.1 Å². The minimum absolute atomic E-state index is 0.0728. The summed E-state index contributed by atoms with van der Waals surface area (Å²) in [5, 5.41) is 27.2. The summed E-state index contributed by atoms with van der Waals surface area (Å²) >= 11 is 0. The van der Waals surface area contributed by atoms with Crippen molar-refractivity contribution in [2.24, 2.45) is 0 Å². The van der Waals surface area contributed by atoms with Crippen LogP contribution < -0.4 is 20.9 Å². The predicted molar refractivity (Wildman–Crippen MR) is 209 cm³/mol. The number of amides is 1. The van der Waals surface area contributed by atoms with Crippen molar-refractivity contribution in [2.75, 3.05) is 52.4 Å². The lowest BCUT2D eigenvalue weighted by Crippen LogP contribution is -2.51. The van der Waals surface area contributed by atoms with Crippen LogP contribution in [-0.4, -0.2) is 97.8 Å². The summed E-state index contributed by atoms with van der Waals surface area (Å²) in [4.78, 5) is 32.2. The average Bonchev–Trinajstić information content (AvgIpc) is 3.20. The van der Waals surface area contributed by atoms with E-state index < -0.39 is 15.9 Å². The molecule has 2 aliphatic rings. The smallest absolute Gasteiger partial charge is 0.248 e. The number of hydrogen-bond acceptors (Lipinski definition) is 10. The predicted octanol–water partition coefficient (Wildman–Crippen LogP) is 4.68. The molecule has 54 heavy (non-hydrogen) atoms. The van der Waals surface area contributed by atoms with Gasteiger partial charge in [-0.05, 0) is 79.8 Å². The van der Waals surface area contributed by atoms with Crippen molar-refractivity contribution < 1.29 is 28.2 Å². The van der Waals surface area contributed by atoms with Gasteiger partial charge in [-0.1, -0.05) is 43.5 Å². The van der Waals surface area contributed by atoms with Crippen LogP contribution in [-0.2, 0) is 14.6 Å². The highest BCUT2D eigenvalue weighted by Gasteiger charge is 2.28. The molecule has 0 radical (unpaired) electrons. The Morgan fingerprint density at radius 1 is 0.944 bits per heavy atom. The zero-order chi connectivity index (χ0) is 38.1. The van der Waals surface area contributed by atoms with Gasteiger partial charge in [0.25, 0.3) is 0 Å². The van der Waals surface area contributed by atoms with E-state index in [2.05, 4.69) is 32.3 Å². The first-order valence-corrected chi connectivity index (χ1v) is 20.6. The number of hydrogen-bond donors (Lipinski definition) is 5. The number of aromatic nitrogens is 1. The number of ether oxygens (including phenoxy) is 1. The highest BCUT2D eigenvalue weighted by molar-refractivity contribution is 7.91. The Morgan fingerprint density at radius 2 is 1.70 bits per heavy atom. The van der Waals surface area contributed by atoms with Crippen molar-refractivity contribution in [3.8, 4) is 11.5 Å². The maximum absolute atomic E-state index is 13.5. The third kappa shape index (κ3) is 9.88. The molecule has 2 atom stereocenters. The van der Waals surface area contributed by atoms with Crippen molar-refractivity contribution in [2.45, 2.75) is 79.8 Å². The van der Waals surface area contributed by atoms with Crippen LogP contribution >= 0.6 is 0 Å². The highest BCUT2D eigenvalue weighted by atomic mass is 32.2. The third-order valence-electron chi connectivity index (χ3n) is 10.8. The zero-order valence-corrected chi connectivity index (χ0v) is 31.8. The lowest BCUT2D eigenvalue weighted by molar-refractivity contribution is -0.121. The molecule has 2 heterocycles. The van der Waals surface area contributed by atoms with Crippen molar-refractivity contribution in [1.82, 2.24) is 25.4 Å². The van der Waals surface area contributed by atoms with Crippen LogP contribution in [0.15, 0.2) is 87.4 Å². The lowest BCUT2D eigenvalue weighted by atomic mass is 9.93. The van der Waals surface area contributed by atoms with Gasteiger partial charge in [-0.2, -0.15) is 0 Å². The molecular weight excluding hydrogens is 707 g/mol. The van der Waals surface area contributed by atoms with E-state index in [9.17, 15) is 28.2 Å². The van der Waals surface area contributed by atoms with E-state index in [0.717, 1.165) is 37.8 Å². The number of fused-ring (bicyclic) bond motifs is 1. The fraction of sp³-hybridized carbons (Fsp3) is 0.463. The second kappa shape index (κ2) is 18.4. The monoisotopic (exact) mass is 759 g/mol. The van der Waals surface area contributed by atoms with Crippen LogP contribution in [0, 0.1) is 0 Å². The van der Waals surface area contributed by atoms with Crippen LogP contribution in [0.1, 0.15) is 75.1 Å². The normalized spacial score (nSPS) is 17.3. The molecule has 1 saturated heterocycles. The van der Waals surface area contributed by atoms with Gasteiger partial charge >= 0.3 is 0 Å². The van der Waals surface area contributed by atoms with Crippen LogP contribution in [0.2, 0.25) is 0 Å². The number of carbonyl (C=O) groups is 1. The van der Waals surface area contributed by atoms with E-state index in [1.165, 1.54) is 50.3 Å². The van der Waals surface area contributed by atoms with Crippen LogP contribution in [0.4, 0.5) is 0 Å². The van der Waals surface area contributed by atoms with Gasteiger partial charge in [-0.15, -0.1) is 0 Å². The molecule has 12 nitrogen and oxygen atoms in total. The van der Waals surface area contributed by atoms with Gasteiger partial charge in [0, 0.05) is 75.8 Å². The standard InChI is InChI=1S/C41H53N5O7S/c1-29(45-22-24-46(25-23-45)31-7-3-2-4-8-31)30-12-14-33(15-13-30)54(51,52)34-10-5-9-32(27-34)53-26-6-11-39(49)43-21-20-42-28-38(48)35-16-18-37(47)41-36(35)17-19-40(50)44-41/h5,9-10,12-19,27,29,31,38,42,47-48H,2-4,6-8,11,20-26,28H2,1H3,(H,43,49)(H,44,50)/t29-,38-/m0/s1. The molecule has 1 aromatic heterocycles. The number of phenolic OH excluding ortho intramolecular Hbond substituents is 1. The topological polar surface area (TPSA) is 164 Å². The van der Waals surface area contributed by atoms with Crippen molar-refractivity contribution in [1.29, 1.82) is 0 Å². The summed E-state index contributed by atoms with van der Waals surface area (Å²) in [6, 6.07) is 20.6. The molecule has 0 unspecified atom stereocenters. The lowest BCUT2D eigenvalue weighted by Gasteiger charge is -2.42. The van der Waals surface area contributed by atoms with Gasteiger partial charge < -0.3 is 30.6 Å². The molecule has 1 amide bonds. The molecule has 1 aliphatic carbocycles. The van der Waals surface area contributed by atoms with Gasteiger partial charge in [-0.25, -0.2) is 8.42 Å². The fourth-order valence-electron chi connectivity index (χ4n) is 7.64. The molecule has 13 heteroatoms. The van der Waals surface area contributed by atoms with E-state index in [1.54, 1.807) is 42.5 Å². The molecule has 290 valence electrons. The number of nitrogens with one attached hydrogen (secondary N) is 3. The quantitative estimate of drug-likeness (QED) is 0.101. The summed E-state index contributed by atoms with van der Waals surface area (Å²) in [5.74, 6) is 0.200. The Bertz CT molecular complexity index is 2020. The number of pyridine rings is 1. The van der Waals surface area contributed by atoms with Crippen LogP contribution in [0.25, 0.3) is 10.9 Å². The maximum Gasteiger partial charge on any atom is 0.248 e. The molecule has 1 saturated carbocycles. The van der Waals surface area contributed by atoms with E-state index in [-0.39, 0.29) is 58.1 Å². The Balaban J connectivity index is 0.897. The first-order valence-electron chi connectivity index (χ1n) is 19.2. The summed E-state index contributed by atoms with van der Waals surface area (Å²) in [6.45, 7) is 7.65. The second-order valence-electron chi connectivity index (χ2n) is 14.4. The van der Waals surface area contributed by atoms with Gasteiger partial charge in [0.1, 0.15) is 11.5 Å². The number of nitrogens with zero attached hydrogens (tertiary/aromatic N) is 2. The first kappa shape index (κ1) is 39.4. The van der Waals surface area contributed by atoms with Crippen molar-refractivity contribution >= 4 is 26.6 Å².